The molecular formula is C11H8N6. The van der Waals surface area contributed by atoms with E-state index in [0.29, 0.717) is 17.2 Å². The van der Waals surface area contributed by atoms with Crippen molar-refractivity contribution in [1.29, 1.82) is 5.26 Å². The third kappa shape index (κ3) is 1.29. The molecule has 0 aliphatic carbocycles. The Kier molecular flexibility index (Phi) is 1.92. The van der Waals surface area contributed by atoms with Crippen molar-refractivity contribution in [3.63, 3.8) is 0 Å². The molecule has 0 atom stereocenters. The van der Waals surface area contributed by atoms with Gasteiger partial charge in [0.2, 0.25) is 5.65 Å². The van der Waals surface area contributed by atoms with Gasteiger partial charge in [0.15, 0.2) is 5.82 Å². The second-order valence-corrected chi connectivity index (χ2v) is 3.57. The number of hydrogen-bond donors (Lipinski definition) is 0. The molecule has 0 spiro atoms. The molecule has 82 valence electrons. The lowest BCUT2D eigenvalue weighted by molar-refractivity contribution is 0.956. The highest BCUT2D eigenvalue weighted by Crippen LogP contribution is 2.14. The maximum absolute atomic E-state index is 9.00. The van der Waals surface area contributed by atoms with Crippen LogP contribution in [0.1, 0.15) is 11.5 Å². The molecule has 3 aromatic heterocycles. The zero-order chi connectivity index (χ0) is 11.8. The van der Waals surface area contributed by atoms with Crippen LogP contribution in [0.4, 0.5) is 0 Å². The number of aryl methyl sites for hydroxylation is 1. The number of nitriles is 1. The van der Waals surface area contributed by atoms with Crippen LogP contribution in [0, 0.1) is 18.3 Å². The Balaban J connectivity index is 2.35. The first kappa shape index (κ1) is 9.54. The van der Waals surface area contributed by atoms with Gasteiger partial charge in [0, 0.05) is 18.6 Å². The Morgan fingerprint density at radius 1 is 1.29 bits per heavy atom. The van der Waals surface area contributed by atoms with Gasteiger partial charge in [-0.25, -0.2) is 4.98 Å². The van der Waals surface area contributed by atoms with Crippen LogP contribution in [0.5, 0.6) is 0 Å². The predicted molar refractivity (Wildman–Crippen MR) is 59.6 cm³/mol. The van der Waals surface area contributed by atoms with Gasteiger partial charge in [-0.3, -0.25) is 8.97 Å². The summed E-state index contributed by atoms with van der Waals surface area (Å²) in [7, 11) is 0. The highest BCUT2D eigenvalue weighted by atomic mass is 15.3. The zero-order valence-corrected chi connectivity index (χ0v) is 9.07. The first-order valence-electron chi connectivity index (χ1n) is 5.05. The average molecular weight is 224 g/mol. The van der Waals surface area contributed by atoms with Crippen molar-refractivity contribution in [3.8, 4) is 11.9 Å². The Morgan fingerprint density at radius 3 is 3.00 bits per heavy atom. The fourth-order valence-electron chi connectivity index (χ4n) is 1.76. The lowest BCUT2D eigenvalue weighted by atomic mass is 10.4. The minimum atomic E-state index is 0.520. The van der Waals surface area contributed by atoms with Crippen molar-refractivity contribution in [3.05, 3.63) is 42.2 Å². The molecule has 3 heterocycles. The van der Waals surface area contributed by atoms with E-state index in [9.17, 15) is 0 Å². The van der Waals surface area contributed by atoms with Gasteiger partial charge in [-0.15, -0.1) is 10.2 Å². The number of aromatic nitrogens is 5. The quantitative estimate of drug-likeness (QED) is 0.620. The SMILES string of the molecule is Cc1nnc2c(-n3cccc3C#N)nccn12. The van der Waals surface area contributed by atoms with Crippen molar-refractivity contribution in [2.45, 2.75) is 6.92 Å². The van der Waals surface area contributed by atoms with Crippen molar-refractivity contribution in [2.24, 2.45) is 0 Å². The van der Waals surface area contributed by atoms with Crippen molar-refractivity contribution in [1.82, 2.24) is 24.1 Å². The summed E-state index contributed by atoms with van der Waals surface area (Å²) in [4.78, 5) is 4.26. The molecule has 0 unspecified atom stereocenters. The summed E-state index contributed by atoms with van der Waals surface area (Å²) in [6.07, 6.45) is 5.24. The Morgan fingerprint density at radius 2 is 2.18 bits per heavy atom. The van der Waals surface area contributed by atoms with Crippen LogP contribution < -0.4 is 0 Å². The molecule has 0 saturated heterocycles. The molecule has 0 aromatic carbocycles. The molecule has 17 heavy (non-hydrogen) atoms. The molecular weight excluding hydrogens is 216 g/mol. The normalized spacial score (nSPS) is 10.6. The Bertz CT molecular complexity index is 730. The van der Waals surface area contributed by atoms with E-state index in [1.807, 2.05) is 11.3 Å². The van der Waals surface area contributed by atoms with Gasteiger partial charge in [0.05, 0.1) is 0 Å². The smallest absolute Gasteiger partial charge is 0.204 e. The van der Waals surface area contributed by atoms with E-state index in [2.05, 4.69) is 21.3 Å². The second-order valence-electron chi connectivity index (χ2n) is 3.57. The van der Waals surface area contributed by atoms with Gasteiger partial charge in [-0.05, 0) is 19.1 Å². The average Bonchev–Trinajstić information content (AvgIpc) is 2.96. The Labute approximate surface area is 96.8 Å². The van der Waals surface area contributed by atoms with Gasteiger partial charge in [-0.1, -0.05) is 0 Å². The van der Waals surface area contributed by atoms with E-state index in [-0.39, 0.29) is 0 Å². The van der Waals surface area contributed by atoms with Gasteiger partial charge in [0.1, 0.15) is 17.6 Å². The van der Waals surface area contributed by atoms with Crippen molar-refractivity contribution >= 4 is 5.65 Å². The number of rotatable bonds is 1. The zero-order valence-electron chi connectivity index (χ0n) is 9.07. The summed E-state index contributed by atoms with van der Waals surface area (Å²) in [5, 5.41) is 17.1. The van der Waals surface area contributed by atoms with Crippen LogP contribution in [0.2, 0.25) is 0 Å². The summed E-state index contributed by atoms with van der Waals surface area (Å²) in [6.45, 7) is 1.87. The summed E-state index contributed by atoms with van der Waals surface area (Å²) >= 11 is 0. The topological polar surface area (TPSA) is 71.8 Å². The summed E-state index contributed by atoms with van der Waals surface area (Å²) in [5.74, 6) is 1.39. The maximum Gasteiger partial charge on any atom is 0.204 e. The van der Waals surface area contributed by atoms with Crippen LogP contribution in [0.25, 0.3) is 11.5 Å². The second kappa shape index (κ2) is 3.42. The fraction of sp³-hybridized carbons (Fsp3) is 0.0909. The third-order valence-corrected chi connectivity index (χ3v) is 2.57. The minimum Gasteiger partial charge on any atom is -0.289 e. The Hall–Kier alpha value is -2.68. The number of fused-ring (bicyclic) bond motifs is 1. The van der Waals surface area contributed by atoms with Crippen LogP contribution in [0.15, 0.2) is 30.7 Å². The molecule has 0 aliphatic heterocycles. The lowest BCUT2D eigenvalue weighted by Gasteiger charge is -2.04. The molecule has 0 aliphatic rings. The van der Waals surface area contributed by atoms with Gasteiger partial charge >= 0.3 is 0 Å². The lowest BCUT2D eigenvalue weighted by Crippen LogP contribution is -2.02. The van der Waals surface area contributed by atoms with E-state index < -0.39 is 0 Å². The first-order valence-corrected chi connectivity index (χ1v) is 5.05. The van der Waals surface area contributed by atoms with E-state index in [0.717, 1.165) is 5.82 Å². The van der Waals surface area contributed by atoms with Crippen LogP contribution >= 0.6 is 0 Å². The molecule has 0 bridgehead atoms. The van der Waals surface area contributed by atoms with E-state index in [1.54, 1.807) is 35.3 Å². The molecule has 0 radical (unpaired) electrons. The molecule has 0 saturated carbocycles. The van der Waals surface area contributed by atoms with Crippen LogP contribution in [0.3, 0.4) is 0 Å². The first-order chi connectivity index (χ1) is 8.31. The minimum absolute atomic E-state index is 0.520. The predicted octanol–water partition coefficient (Wildman–Crippen LogP) is 1.10. The van der Waals surface area contributed by atoms with Crippen molar-refractivity contribution < 1.29 is 0 Å². The van der Waals surface area contributed by atoms with E-state index in [4.69, 9.17) is 5.26 Å². The molecule has 0 amide bonds. The molecule has 6 nitrogen and oxygen atoms in total. The third-order valence-electron chi connectivity index (χ3n) is 2.57. The summed E-state index contributed by atoms with van der Waals surface area (Å²) in [6, 6.07) is 5.64. The summed E-state index contributed by atoms with van der Waals surface area (Å²) in [5.41, 5.74) is 1.16. The highest BCUT2D eigenvalue weighted by molar-refractivity contribution is 5.55. The molecule has 3 aromatic rings. The van der Waals surface area contributed by atoms with Crippen LogP contribution in [-0.4, -0.2) is 24.1 Å². The van der Waals surface area contributed by atoms with Gasteiger partial charge < -0.3 is 0 Å². The largest absolute Gasteiger partial charge is 0.289 e. The monoisotopic (exact) mass is 224 g/mol. The fourth-order valence-corrected chi connectivity index (χ4v) is 1.76. The van der Waals surface area contributed by atoms with Crippen molar-refractivity contribution in [2.75, 3.05) is 0 Å². The van der Waals surface area contributed by atoms with Gasteiger partial charge in [0.25, 0.3) is 0 Å². The van der Waals surface area contributed by atoms with Crippen LogP contribution in [-0.2, 0) is 0 Å². The van der Waals surface area contributed by atoms with E-state index >= 15 is 0 Å². The number of hydrogen-bond acceptors (Lipinski definition) is 4. The standard InChI is InChI=1S/C11H8N6/c1-8-14-15-11-10(13-4-6-16(8)11)17-5-2-3-9(17)7-12/h2-6H,1H3. The molecule has 0 fully saturated rings. The molecule has 0 N–H and O–H groups in total. The maximum atomic E-state index is 9.00. The van der Waals surface area contributed by atoms with E-state index in [1.165, 1.54) is 0 Å². The van der Waals surface area contributed by atoms with Gasteiger partial charge in [-0.2, -0.15) is 5.26 Å². The molecule has 3 rings (SSSR count). The highest BCUT2D eigenvalue weighted by Gasteiger charge is 2.11. The number of nitrogens with zero attached hydrogens (tertiary/aromatic N) is 6. The molecule has 6 heteroatoms. The summed E-state index contributed by atoms with van der Waals surface area (Å²) < 4.78 is 3.53.